The van der Waals surface area contributed by atoms with Gasteiger partial charge in [0, 0.05) is 6.07 Å². The van der Waals surface area contributed by atoms with E-state index >= 15 is 0 Å². The second-order valence-corrected chi connectivity index (χ2v) is 3.40. The first-order valence-electron chi connectivity index (χ1n) is 4.80. The minimum Gasteiger partial charge on any atom is -1.00 e. The molecule has 0 fully saturated rings. The Labute approximate surface area is 122 Å². The van der Waals surface area contributed by atoms with Crippen molar-refractivity contribution in [3.8, 4) is 5.88 Å². The molecule has 0 aliphatic carbocycles. The van der Waals surface area contributed by atoms with Crippen molar-refractivity contribution in [2.45, 2.75) is 32.0 Å². The standard InChI is InChI=1S/C9H14N2O5.Na.H/c1-6(12)4-7(13)5-9(14)16-15-8-2-3-10-11-8;;/h2-3,6-7,12-13H,4-5H2,1H3,(H,10,11);;/q;+1;-1. The number of aliphatic hydroxyl groups excluding tert-OH is 2. The summed E-state index contributed by atoms with van der Waals surface area (Å²) >= 11 is 0. The van der Waals surface area contributed by atoms with Gasteiger partial charge in [0.1, 0.15) is 0 Å². The molecule has 1 rings (SSSR count). The summed E-state index contributed by atoms with van der Waals surface area (Å²) in [6.07, 6.45) is -0.307. The fraction of sp³-hybridized carbons (Fsp3) is 0.556. The number of H-pyrrole nitrogens is 1. The zero-order valence-corrected chi connectivity index (χ0v) is 11.8. The molecule has 0 aromatic carbocycles. The molecule has 1 aromatic heterocycles. The number of hydrogen-bond donors (Lipinski definition) is 3. The summed E-state index contributed by atoms with van der Waals surface area (Å²) in [7, 11) is 0. The van der Waals surface area contributed by atoms with Crippen molar-refractivity contribution >= 4 is 5.97 Å². The molecule has 0 amide bonds. The van der Waals surface area contributed by atoms with E-state index in [1.54, 1.807) is 0 Å². The van der Waals surface area contributed by atoms with E-state index in [-0.39, 0.29) is 49.7 Å². The predicted octanol–water partition coefficient (Wildman–Crippen LogP) is -3.11. The minimum absolute atomic E-state index is 0. The van der Waals surface area contributed by atoms with E-state index in [1.807, 2.05) is 0 Å². The number of carbonyl (C=O) groups is 1. The van der Waals surface area contributed by atoms with Gasteiger partial charge in [-0.15, -0.1) is 0 Å². The summed E-state index contributed by atoms with van der Waals surface area (Å²) in [5.74, 6) is -0.527. The predicted molar refractivity (Wildman–Crippen MR) is 53.3 cm³/mol. The molecule has 0 spiro atoms. The summed E-state index contributed by atoms with van der Waals surface area (Å²) < 4.78 is 0. The smallest absolute Gasteiger partial charge is 1.00 e. The molecule has 7 nitrogen and oxygen atoms in total. The average molecular weight is 254 g/mol. The first kappa shape index (κ1) is 16.4. The van der Waals surface area contributed by atoms with Crippen LogP contribution in [0.2, 0.25) is 0 Å². The van der Waals surface area contributed by atoms with Crippen LogP contribution in [0.4, 0.5) is 0 Å². The Kier molecular flexibility index (Phi) is 8.19. The van der Waals surface area contributed by atoms with Crippen molar-refractivity contribution in [3.63, 3.8) is 0 Å². The molecule has 92 valence electrons. The Hall–Kier alpha value is -0.600. The Morgan fingerprint density at radius 3 is 2.88 bits per heavy atom. The van der Waals surface area contributed by atoms with Gasteiger partial charge in [0.2, 0.25) is 0 Å². The molecule has 8 heteroatoms. The van der Waals surface area contributed by atoms with Gasteiger partial charge in [0.25, 0.3) is 5.88 Å². The largest absolute Gasteiger partial charge is 1.00 e. The second-order valence-electron chi connectivity index (χ2n) is 3.40. The van der Waals surface area contributed by atoms with Crippen molar-refractivity contribution in [3.05, 3.63) is 12.3 Å². The zero-order valence-electron chi connectivity index (χ0n) is 10.8. The fourth-order valence-corrected chi connectivity index (χ4v) is 1.08. The molecular weight excluding hydrogens is 239 g/mol. The van der Waals surface area contributed by atoms with Crippen molar-refractivity contribution in [2.24, 2.45) is 0 Å². The molecule has 0 radical (unpaired) electrons. The molecule has 0 saturated carbocycles. The van der Waals surface area contributed by atoms with Gasteiger partial charge in [-0.25, -0.2) is 14.8 Å². The van der Waals surface area contributed by atoms with Gasteiger partial charge in [-0.3, -0.25) is 4.89 Å². The average Bonchev–Trinajstić information content (AvgIpc) is 2.65. The van der Waals surface area contributed by atoms with E-state index in [2.05, 4.69) is 20.0 Å². The molecule has 0 bridgehead atoms. The first-order valence-corrected chi connectivity index (χ1v) is 4.80. The topological polar surface area (TPSA) is 105 Å². The Bertz CT molecular complexity index is 323. The Balaban J connectivity index is 0. The van der Waals surface area contributed by atoms with Crippen LogP contribution in [0.5, 0.6) is 5.88 Å². The summed E-state index contributed by atoms with van der Waals surface area (Å²) in [6.45, 7) is 1.52. The molecule has 3 N–H and O–H groups in total. The number of nitrogens with zero attached hydrogens (tertiary/aromatic N) is 1. The number of carbonyl (C=O) groups excluding carboxylic acids is 1. The number of rotatable bonds is 6. The van der Waals surface area contributed by atoms with E-state index < -0.39 is 18.2 Å². The number of aliphatic hydroxyl groups is 2. The van der Waals surface area contributed by atoms with Crippen molar-refractivity contribution < 1.29 is 55.8 Å². The van der Waals surface area contributed by atoms with E-state index in [0.29, 0.717) is 0 Å². The van der Waals surface area contributed by atoms with E-state index in [4.69, 9.17) is 5.11 Å². The van der Waals surface area contributed by atoms with Gasteiger partial charge >= 0.3 is 35.5 Å². The number of hydrogen-bond acceptors (Lipinski definition) is 6. The van der Waals surface area contributed by atoms with Crippen LogP contribution in [0.1, 0.15) is 21.2 Å². The zero-order chi connectivity index (χ0) is 12.0. The van der Waals surface area contributed by atoms with Crippen LogP contribution >= 0.6 is 0 Å². The molecule has 17 heavy (non-hydrogen) atoms. The van der Waals surface area contributed by atoms with E-state index in [0.717, 1.165) is 0 Å². The molecule has 1 heterocycles. The van der Waals surface area contributed by atoms with E-state index in [1.165, 1.54) is 19.2 Å². The van der Waals surface area contributed by atoms with Gasteiger partial charge in [-0.05, 0) is 13.3 Å². The van der Waals surface area contributed by atoms with Gasteiger partial charge in [0.05, 0.1) is 24.8 Å². The number of nitrogens with one attached hydrogen (secondary N) is 1. The van der Waals surface area contributed by atoms with Gasteiger partial charge in [-0.1, -0.05) is 0 Å². The monoisotopic (exact) mass is 254 g/mol. The van der Waals surface area contributed by atoms with Crippen LogP contribution in [0.25, 0.3) is 0 Å². The van der Waals surface area contributed by atoms with Crippen molar-refractivity contribution in [2.75, 3.05) is 0 Å². The maximum atomic E-state index is 11.1. The maximum absolute atomic E-state index is 11.1. The normalized spacial score (nSPS) is 13.4. The molecule has 0 aliphatic heterocycles. The summed E-state index contributed by atoms with van der Waals surface area (Å²) in [4.78, 5) is 20.1. The second kappa shape index (κ2) is 8.48. The SMILES string of the molecule is CC(O)CC(O)CC(=O)OOc1ccn[nH]1.[H-].[Na+]. The summed E-state index contributed by atoms with van der Waals surface area (Å²) in [5.41, 5.74) is 0. The van der Waals surface area contributed by atoms with Crippen LogP contribution in [0, 0.1) is 0 Å². The summed E-state index contributed by atoms with van der Waals surface area (Å²) in [5, 5.41) is 24.3. The van der Waals surface area contributed by atoms with Gasteiger partial charge < -0.3 is 11.6 Å². The van der Waals surface area contributed by atoms with Crippen molar-refractivity contribution in [1.82, 2.24) is 10.2 Å². The molecule has 2 unspecified atom stereocenters. The van der Waals surface area contributed by atoms with E-state index in [9.17, 15) is 9.90 Å². The summed E-state index contributed by atoms with van der Waals surface area (Å²) in [6, 6.07) is 1.47. The van der Waals surface area contributed by atoms with Crippen LogP contribution in [0.3, 0.4) is 0 Å². The van der Waals surface area contributed by atoms with Crippen LogP contribution in [0.15, 0.2) is 12.3 Å². The first-order chi connectivity index (χ1) is 7.58. The maximum Gasteiger partial charge on any atom is 1.00 e. The fourth-order valence-electron chi connectivity index (χ4n) is 1.08. The quantitative estimate of drug-likeness (QED) is 0.282. The third kappa shape index (κ3) is 7.35. The van der Waals surface area contributed by atoms with Crippen LogP contribution in [-0.4, -0.2) is 38.6 Å². The molecule has 0 saturated heterocycles. The Morgan fingerprint density at radius 2 is 2.35 bits per heavy atom. The third-order valence-electron chi connectivity index (χ3n) is 1.72. The minimum atomic E-state index is -0.946. The molecular formula is C9H15N2NaO5. The van der Waals surface area contributed by atoms with Crippen LogP contribution in [-0.2, 0) is 9.68 Å². The van der Waals surface area contributed by atoms with Crippen molar-refractivity contribution in [1.29, 1.82) is 0 Å². The third-order valence-corrected chi connectivity index (χ3v) is 1.72. The van der Waals surface area contributed by atoms with Gasteiger partial charge in [0.15, 0.2) is 0 Å². The number of aromatic nitrogens is 2. The van der Waals surface area contributed by atoms with Crippen LogP contribution < -0.4 is 34.4 Å². The molecule has 1 aromatic rings. The van der Waals surface area contributed by atoms with Gasteiger partial charge in [-0.2, -0.15) is 5.10 Å². The Morgan fingerprint density at radius 1 is 1.65 bits per heavy atom. The molecule has 0 aliphatic rings. The molecule has 2 atom stereocenters. The number of aromatic amines is 1.